The molecule has 112 valence electrons. The molecule has 0 amide bonds. The molecular weight excluding hydrogens is 284 g/mol. The summed E-state index contributed by atoms with van der Waals surface area (Å²) in [5, 5.41) is 2.85. The van der Waals surface area contributed by atoms with Crippen molar-refractivity contribution in [3.63, 3.8) is 0 Å². The summed E-state index contributed by atoms with van der Waals surface area (Å²) in [6, 6.07) is 5.42. The average molecular weight is 298 g/mol. The predicted octanol–water partition coefficient (Wildman–Crippen LogP) is 3.74. The molecular formula is C15H14F4N2. The second-order valence-electron chi connectivity index (χ2n) is 4.64. The van der Waals surface area contributed by atoms with Crippen LogP contribution in [0.5, 0.6) is 0 Å². The summed E-state index contributed by atoms with van der Waals surface area (Å²) in [5.74, 6) is -0.661. The van der Waals surface area contributed by atoms with Crippen LogP contribution in [0.4, 0.5) is 17.6 Å². The molecule has 2 rings (SSSR count). The third-order valence-corrected chi connectivity index (χ3v) is 3.21. The van der Waals surface area contributed by atoms with Crippen LogP contribution < -0.4 is 5.32 Å². The fourth-order valence-corrected chi connectivity index (χ4v) is 2.11. The zero-order valence-electron chi connectivity index (χ0n) is 11.3. The summed E-state index contributed by atoms with van der Waals surface area (Å²) in [4.78, 5) is 3.94. The Hall–Kier alpha value is -1.95. The lowest BCUT2D eigenvalue weighted by atomic mass is 9.97. The summed E-state index contributed by atoms with van der Waals surface area (Å²) in [7, 11) is 1.58. The Balaban J connectivity index is 2.33. The molecule has 0 saturated carbocycles. The second-order valence-corrected chi connectivity index (χ2v) is 4.64. The molecule has 1 N–H and O–H groups in total. The minimum Gasteiger partial charge on any atom is -0.313 e. The van der Waals surface area contributed by atoms with Crippen LogP contribution in [0.25, 0.3) is 0 Å². The van der Waals surface area contributed by atoms with E-state index >= 15 is 0 Å². The third kappa shape index (κ3) is 3.78. The number of hydrogen-bond acceptors (Lipinski definition) is 2. The number of likely N-dealkylation sites (N-methyl/N-ethyl adjacent to an activating group) is 1. The van der Waals surface area contributed by atoms with E-state index in [9.17, 15) is 17.6 Å². The maximum atomic E-state index is 13.9. The van der Waals surface area contributed by atoms with Gasteiger partial charge >= 0.3 is 6.18 Å². The maximum absolute atomic E-state index is 13.9. The Morgan fingerprint density at radius 3 is 2.57 bits per heavy atom. The first-order valence-electron chi connectivity index (χ1n) is 6.34. The van der Waals surface area contributed by atoms with E-state index in [1.54, 1.807) is 31.6 Å². The van der Waals surface area contributed by atoms with Gasteiger partial charge in [0.2, 0.25) is 0 Å². The Morgan fingerprint density at radius 2 is 2.00 bits per heavy atom. The smallest absolute Gasteiger partial charge is 0.313 e. The Bertz CT molecular complexity index is 596. The number of nitrogens with zero attached hydrogens (tertiary/aromatic N) is 1. The van der Waals surface area contributed by atoms with Gasteiger partial charge in [-0.3, -0.25) is 4.98 Å². The topological polar surface area (TPSA) is 24.9 Å². The minimum atomic E-state index is -4.49. The molecule has 0 fully saturated rings. The van der Waals surface area contributed by atoms with Crippen LogP contribution in [-0.2, 0) is 12.6 Å². The predicted molar refractivity (Wildman–Crippen MR) is 71.1 cm³/mol. The highest BCUT2D eigenvalue weighted by Gasteiger charge is 2.31. The van der Waals surface area contributed by atoms with Gasteiger partial charge in [0, 0.05) is 24.0 Å². The first-order chi connectivity index (χ1) is 9.91. The van der Waals surface area contributed by atoms with Crippen LogP contribution in [0, 0.1) is 5.82 Å². The second kappa shape index (κ2) is 6.22. The molecule has 0 aliphatic heterocycles. The molecule has 6 heteroatoms. The van der Waals surface area contributed by atoms with Gasteiger partial charge in [0.05, 0.1) is 5.56 Å². The molecule has 1 unspecified atom stereocenters. The van der Waals surface area contributed by atoms with Crippen LogP contribution in [0.1, 0.15) is 22.7 Å². The lowest BCUT2D eigenvalue weighted by Crippen LogP contribution is -2.21. The summed E-state index contributed by atoms with van der Waals surface area (Å²) in [6.07, 6.45) is -0.934. The van der Waals surface area contributed by atoms with E-state index in [2.05, 4.69) is 10.3 Å². The minimum absolute atomic E-state index is 0.00354. The molecule has 1 heterocycles. The summed E-state index contributed by atoms with van der Waals surface area (Å²) >= 11 is 0. The molecule has 0 spiro atoms. The largest absolute Gasteiger partial charge is 0.416 e. The third-order valence-electron chi connectivity index (χ3n) is 3.21. The molecule has 1 aromatic carbocycles. The maximum Gasteiger partial charge on any atom is 0.416 e. The first-order valence-corrected chi connectivity index (χ1v) is 6.34. The van der Waals surface area contributed by atoms with Crippen LogP contribution in [-0.4, -0.2) is 12.0 Å². The van der Waals surface area contributed by atoms with E-state index in [0.717, 1.165) is 23.8 Å². The Kier molecular flexibility index (Phi) is 4.57. The number of hydrogen-bond donors (Lipinski definition) is 1. The van der Waals surface area contributed by atoms with Crippen molar-refractivity contribution in [2.24, 2.45) is 0 Å². The normalized spacial score (nSPS) is 13.2. The van der Waals surface area contributed by atoms with Gasteiger partial charge in [-0.2, -0.15) is 13.2 Å². The van der Waals surface area contributed by atoms with Gasteiger partial charge in [0.15, 0.2) is 0 Å². The van der Waals surface area contributed by atoms with E-state index in [1.807, 2.05) is 0 Å². The quantitative estimate of drug-likeness (QED) is 0.870. The van der Waals surface area contributed by atoms with Crippen LogP contribution in [0.2, 0.25) is 0 Å². The van der Waals surface area contributed by atoms with E-state index in [1.165, 1.54) is 0 Å². The first kappa shape index (κ1) is 15.4. The Labute approximate surface area is 119 Å². The highest BCUT2D eigenvalue weighted by atomic mass is 19.4. The molecule has 1 atom stereocenters. The molecule has 2 nitrogen and oxygen atoms in total. The van der Waals surface area contributed by atoms with Crippen molar-refractivity contribution in [3.05, 3.63) is 65.2 Å². The monoisotopic (exact) mass is 298 g/mol. The summed E-state index contributed by atoms with van der Waals surface area (Å²) in [5.41, 5.74) is -0.0461. The van der Waals surface area contributed by atoms with Crippen LogP contribution in [0.15, 0.2) is 42.7 Å². The van der Waals surface area contributed by atoms with Gasteiger partial charge in [0.1, 0.15) is 5.82 Å². The van der Waals surface area contributed by atoms with Crippen molar-refractivity contribution in [1.82, 2.24) is 10.3 Å². The number of nitrogens with one attached hydrogen (secondary N) is 1. The summed E-state index contributed by atoms with van der Waals surface area (Å²) in [6.45, 7) is 0. The molecule has 0 bridgehead atoms. The van der Waals surface area contributed by atoms with Crippen molar-refractivity contribution in [2.75, 3.05) is 7.05 Å². The number of pyridine rings is 1. The number of benzene rings is 1. The number of halogens is 4. The highest BCUT2D eigenvalue weighted by Crippen LogP contribution is 2.32. The van der Waals surface area contributed by atoms with Crippen molar-refractivity contribution in [3.8, 4) is 0 Å². The number of alkyl halides is 3. The highest BCUT2D eigenvalue weighted by molar-refractivity contribution is 5.30. The zero-order chi connectivity index (χ0) is 15.5. The summed E-state index contributed by atoms with van der Waals surface area (Å²) < 4.78 is 52.1. The molecule has 2 aromatic rings. The van der Waals surface area contributed by atoms with Gasteiger partial charge < -0.3 is 5.32 Å². The molecule has 0 aliphatic carbocycles. The molecule has 21 heavy (non-hydrogen) atoms. The van der Waals surface area contributed by atoms with Crippen molar-refractivity contribution in [2.45, 2.75) is 18.6 Å². The van der Waals surface area contributed by atoms with Gasteiger partial charge in [0.25, 0.3) is 0 Å². The molecule has 1 aromatic heterocycles. The van der Waals surface area contributed by atoms with Crippen molar-refractivity contribution >= 4 is 0 Å². The van der Waals surface area contributed by atoms with Crippen LogP contribution in [0.3, 0.4) is 0 Å². The van der Waals surface area contributed by atoms with Gasteiger partial charge in [-0.25, -0.2) is 4.39 Å². The van der Waals surface area contributed by atoms with Gasteiger partial charge in [-0.15, -0.1) is 0 Å². The van der Waals surface area contributed by atoms with E-state index in [0.29, 0.717) is 6.42 Å². The molecule has 0 aliphatic rings. The molecule has 0 saturated heterocycles. The zero-order valence-corrected chi connectivity index (χ0v) is 11.3. The fourth-order valence-electron chi connectivity index (χ4n) is 2.11. The standard InChI is InChI=1S/C15H14F4N2/c1-20-14(7-10-3-2-6-21-9-10)12-8-11(15(17,18)19)4-5-13(12)16/h2-6,8-9,14,20H,7H2,1H3. The van der Waals surface area contributed by atoms with Crippen molar-refractivity contribution in [1.29, 1.82) is 0 Å². The van der Waals surface area contributed by atoms with Gasteiger partial charge in [-0.1, -0.05) is 6.07 Å². The van der Waals surface area contributed by atoms with Crippen LogP contribution >= 0.6 is 0 Å². The lowest BCUT2D eigenvalue weighted by Gasteiger charge is -2.19. The number of rotatable bonds is 4. The van der Waals surface area contributed by atoms with E-state index in [-0.39, 0.29) is 5.56 Å². The van der Waals surface area contributed by atoms with Crippen molar-refractivity contribution < 1.29 is 17.6 Å². The lowest BCUT2D eigenvalue weighted by molar-refractivity contribution is -0.137. The number of aromatic nitrogens is 1. The average Bonchev–Trinajstić information content (AvgIpc) is 2.45. The Morgan fingerprint density at radius 1 is 1.24 bits per heavy atom. The molecule has 0 radical (unpaired) electrons. The van der Waals surface area contributed by atoms with E-state index in [4.69, 9.17) is 0 Å². The fraction of sp³-hybridized carbons (Fsp3) is 0.267. The van der Waals surface area contributed by atoms with E-state index < -0.39 is 23.6 Å². The van der Waals surface area contributed by atoms with Gasteiger partial charge in [-0.05, 0) is 43.3 Å². The SMILES string of the molecule is CNC(Cc1cccnc1)c1cc(C(F)(F)F)ccc1F.